The second-order valence-corrected chi connectivity index (χ2v) is 6.87. The zero-order valence-electron chi connectivity index (χ0n) is 16.7. The monoisotopic (exact) mass is 408 g/mol. The number of hydrogen-bond acceptors (Lipinski definition) is 4. The molecule has 31 heavy (non-hydrogen) atoms. The lowest BCUT2D eigenvalue weighted by molar-refractivity contribution is -0.136. The number of rotatable bonds is 7. The minimum atomic E-state index is -0.519. The van der Waals surface area contributed by atoms with Gasteiger partial charge in [0.25, 0.3) is 0 Å². The van der Waals surface area contributed by atoms with Crippen molar-refractivity contribution in [1.82, 2.24) is 0 Å². The Labute approximate surface area is 180 Å². The third kappa shape index (κ3) is 5.25. The van der Waals surface area contributed by atoms with Gasteiger partial charge in [-0.3, -0.25) is 4.79 Å². The Hall–Kier alpha value is -4.18. The van der Waals surface area contributed by atoms with Crippen molar-refractivity contribution < 1.29 is 19.1 Å². The zero-order chi connectivity index (χ0) is 21.5. The van der Waals surface area contributed by atoms with E-state index < -0.39 is 5.97 Å². The average molecular weight is 408 g/mol. The van der Waals surface area contributed by atoms with Crippen LogP contribution in [0.2, 0.25) is 0 Å². The van der Waals surface area contributed by atoms with Crippen LogP contribution in [0.3, 0.4) is 0 Å². The lowest BCUT2D eigenvalue weighted by atomic mass is 10.0. The largest absolute Gasteiger partial charge is 0.482 e. The van der Waals surface area contributed by atoms with Gasteiger partial charge in [-0.2, -0.15) is 0 Å². The molecule has 0 atom stereocenters. The van der Waals surface area contributed by atoms with Crippen molar-refractivity contribution in [3.8, 4) is 22.6 Å². The maximum atomic E-state index is 12.4. The molecule has 152 valence electrons. The van der Waals surface area contributed by atoms with Gasteiger partial charge in [-0.25, -0.2) is 4.79 Å². The maximum absolute atomic E-state index is 12.4. The van der Waals surface area contributed by atoms with Crippen molar-refractivity contribution in [2.45, 2.75) is 0 Å². The fourth-order valence-corrected chi connectivity index (χ4v) is 3.11. The van der Waals surface area contributed by atoms with Crippen LogP contribution in [0.1, 0.15) is 15.9 Å². The van der Waals surface area contributed by atoms with E-state index in [1.807, 2.05) is 72.8 Å². The third-order valence-corrected chi connectivity index (χ3v) is 4.70. The Morgan fingerprint density at radius 3 is 1.71 bits per heavy atom. The first-order chi connectivity index (χ1) is 15.2. The molecule has 0 spiro atoms. The predicted octanol–water partition coefficient (Wildman–Crippen LogP) is 5.57. The van der Waals surface area contributed by atoms with Crippen molar-refractivity contribution in [2.75, 3.05) is 6.61 Å². The smallest absolute Gasteiger partial charge is 0.349 e. The van der Waals surface area contributed by atoms with E-state index in [0.717, 1.165) is 11.1 Å². The number of ether oxygens (including phenoxy) is 2. The summed E-state index contributed by atoms with van der Waals surface area (Å²) in [6.07, 6.45) is 0. The van der Waals surface area contributed by atoms with Crippen molar-refractivity contribution >= 4 is 11.8 Å². The molecule has 0 heterocycles. The number of hydrogen-bond donors (Lipinski definition) is 0. The molecule has 4 nitrogen and oxygen atoms in total. The summed E-state index contributed by atoms with van der Waals surface area (Å²) in [7, 11) is 0. The minimum Gasteiger partial charge on any atom is -0.482 e. The van der Waals surface area contributed by atoms with E-state index in [1.54, 1.807) is 36.4 Å². The summed E-state index contributed by atoms with van der Waals surface area (Å²) in [5.41, 5.74) is 3.32. The molecule has 4 heteroatoms. The molecule has 4 rings (SSSR count). The van der Waals surface area contributed by atoms with Crippen LogP contribution in [-0.2, 0) is 4.79 Å². The Kier molecular flexibility index (Phi) is 6.19. The summed E-state index contributed by atoms with van der Waals surface area (Å²) in [6.45, 7) is -0.213. The van der Waals surface area contributed by atoms with Crippen molar-refractivity contribution in [2.24, 2.45) is 0 Å². The molecule has 0 aromatic heterocycles. The van der Waals surface area contributed by atoms with Gasteiger partial charge in [0.1, 0.15) is 11.5 Å². The molecule has 0 aliphatic rings. The number of carbonyl (C=O) groups excluding carboxylic acids is 2. The number of benzene rings is 4. The van der Waals surface area contributed by atoms with Gasteiger partial charge in [0.15, 0.2) is 12.4 Å². The fourth-order valence-electron chi connectivity index (χ4n) is 3.11. The van der Waals surface area contributed by atoms with E-state index >= 15 is 0 Å². The quantitative estimate of drug-likeness (QED) is 0.228. The first-order valence-electron chi connectivity index (χ1n) is 9.88. The molecule has 0 fully saturated rings. The summed E-state index contributed by atoms with van der Waals surface area (Å²) in [6, 6.07) is 33.0. The van der Waals surface area contributed by atoms with Gasteiger partial charge < -0.3 is 9.47 Å². The highest BCUT2D eigenvalue weighted by atomic mass is 16.6. The second kappa shape index (κ2) is 9.55. The summed E-state index contributed by atoms with van der Waals surface area (Å²) >= 11 is 0. The van der Waals surface area contributed by atoms with E-state index in [2.05, 4.69) is 0 Å². The van der Waals surface area contributed by atoms with Gasteiger partial charge in [-0.05, 0) is 47.5 Å². The maximum Gasteiger partial charge on any atom is 0.349 e. The molecule has 0 unspecified atom stereocenters. The summed E-state index contributed by atoms with van der Waals surface area (Å²) in [4.78, 5) is 24.5. The Bertz CT molecular complexity index is 1150. The van der Waals surface area contributed by atoms with Gasteiger partial charge in [-0.1, -0.05) is 72.8 Å². The molecule has 0 bridgehead atoms. The van der Waals surface area contributed by atoms with E-state index in [1.165, 1.54) is 0 Å². The molecule has 4 aromatic carbocycles. The molecule has 0 saturated carbocycles. The van der Waals surface area contributed by atoms with E-state index in [9.17, 15) is 9.59 Å². The zero-order valence-corrected chi connectivity index (χ0v) is 16.7. The van der Waals surface area contributed by atoms with Crippen LogP contribution in [0.25, 0.3) is 11.1 Å². The predicted molar refractivity (Wildman–Crippen MR) is 119 cm³/mol. The van der Waals surface area contributed by atoms with Crippen LogP contribution in [-0.4, -0.2) is 18.4 Å². The van der Waals surface area contributed by atoms with Crippen LogP contribution < -0.4 is 9.47 Å². The molecule has 4 aromatic rings. The van der Waals surface area contributed by atoms with E-state index in [0.29, 0.717) is 22.6 Å². The van der Waals surface area contributed by atoms with Crippen LogP contribution in [0.5, 0.6) is 11.5 Å². The van der Waals surface area contributed by atoms with Gasteiger partial charge in [0, 0.05) is 11.1 Å². The van der Waals surface area contributed by atoms with Crippen LogP contribution in [0.15, 0.2) is 109 Å². The van der Waals surface area contributed by atoms with Crippen LogP contribution in [0, 0.1) is 0 Å². The summed E-state index contributed by atoms with van der Waals surface area (Å²) < 4.78 is 10.8. The lowest BCUT2D eigenvalue weighted by Crippen LogP contribution is -2.17. The number of carbonyl (C=O) groups is 2. The second-order valence-electron chi connectivity index (χ2n) is 6.87. The molecule has 0 saturated heterocycles. The minimum absolute atomic E-state index is 0.0826. The van der Waals surface area contributed by atoms with Crippen LogP contribution >= 0.6 is 0 Å². The number of ketones is 1. The molecule has 0 radical (unpaired) electrons. The normalized spacial score (nSPS) is 10.3. The van der Waals surface area contributed by atoms with Gasteiger partial charge in [0.05, 0.1) is 0 Å². The Balaban J connectivity index is 1.30. The first kappa shape index (κ1) is 20.1. The first-order valence-corrected chi connectivity index (χ1v) is 9.88. The summed E-state index contributed by atoms with van der Waals surface area (Å²) in [5.74, 6) is 0.341. The van der Waals surface area contributed by atoms with Crippen LogP contribution in [0.4, 0.5) is 0 Å². The summed E-state index contributed by atoms with van der Waals surface area (Å²) in [5, 5.41) is 0. The molecule has 0 N–H and O–H groups in total. The fraction of sp³-hybridized carbons (Fsp3) is 0.0370. The number of esters is 1. The highest BCUT2D eigenvalue weighted by Gasteiger charge is 2.10. The Morgan fingerprint density at radius 1 is 0.548 bits per heavy atom. The van der Waals surface area contributed by atoms with E-state index in [-0.39, 0.29) is 12.4 Å². The van der Waals surface area contributed by atoms with Crippen molar-refractivity contribution in [3.63, 3.8) is 0 Å². The molecular formula is C27H20O4. The lowest BCUT2D eigenvalue weighted by Gasteiger charge is -2.08. The highest BCUT2D eigenvalue weighted by Crippen LogP contribution is 2.22. The van der Waals surface area contributed by atoms with Gasteiger partial charge in [-0.15, -0.1) is 0 Å². The van der Waals surface area contributed by atoms with Gasteiger partial charge in [0.2, 0.25) is 0 Å². The highest BCUT2D eigenvalue weighted by molar-refractivity contribution is 6.09. The van der Waals surface area contributed by atoms with E-state index in [4.69, 9.17) is 9.47 Å². The molecule has 0 aliphatic carbocycles. The standard InChI is InChI=1S/C27H20O4/c28-26(19-30-24-15-11-21(12-16-24)20-7-3-1-4-8-20)31-25-17-13-23(14-18-25)27(29)22-9-5-2-6-10-22/h1-18H,19H2. The Morgan fingerprint density at radius 2 is 1.06 bits per heavy atom. The topological polar surface area (TPSA) is 52.6 Å². The molecule has 0 amide bonds. The van der Waals surface area contributed by atoms with Crippen molar-refractivity contribution in [1.29, 1.82) is 0 Å². The third-order valence-electron chi connectivity index (χ3n) is 4.70. The van der Waals surface area contributed by atoms with Gasteiger partial charge >= 0.3 is 5.97 Å². The SMILES string of the molecule is O=C(COc1ccc(-c2ccccc2)cc1)Oc1ccc(C(=O)c2ccccc2)cc1. The van der Waals surface area contributed by atoms with Crippen molar-refractivity contribution in [3.05, 3.63) is 120 Å². The molecule has 0 aliphatic heterocycles. The average Bonchev–Trinajstić information content (AvgIpc) is 2.84. The molecular weight excluding hydrogens is 388 g/mol.